The van der Waals surface area contributed by atoms with Gasteiger partial charge in [0.15, 0.2) is 5.82 Å². The molecule has 3 aromatic rings. The number of rotatable bonds is 4. The van der Waals surface area contributed by atoms with Crippen LogP contribution in [0.3, 0.4) is 0 Å². The SMILES string of the molecule is CC(=O)N1CCc2c(c(N3CCCc4cc(-c5cnn(C)c5)c(C(F)F)cc43)nn2C2CCS(=O)(=O)CC2)C1. The summed E-state index contributed by atoms with van der Waals surface area (Å²) in [5, 5.41) is 9.22. The number of aryl methyl sites for hydroxylation is 2. The van der Waals surface area contributed by atoms with Gasteiger partial charge in [-0.25, -0.2) is 17.2 Å². The molecular weight excluding hydrogens is 526 g/mol. The van der Waals surface area contributed by atoms with Crippen LogP contribution in [0.25, 0.3) is 11.1 Å². The van der Waals surface area contributed by atoms with Gasteiger partial charge in [0.2, 0.25) is 5.91 Å². The third-order valence-electron chi connectivity index (χ3n) is 8.26. The molecule has 1 saturated heterocycles. The summed E-state index contributed by atoms with van der Waals surface area (Å²) in [5.41, 5.74) is 4.70. The molecule has 39 heavy (non-hydrogen) atoms. The van der Waals surface area contributed by atoms with Crippen LogP contribution in [0.4, 0.5) is 20.3 Å². The number of nitrogens with zero attached hydrogens (tertiary/aromatic N) is 6. The van der Waals surface area contributed by atoms with E-state index in [2.05, 4.69) is 5.10 Å². The van der Waals surface area contributed by atoms with Crippen LogP contribution in [0.1, 0.15) is 61.0 Å². The minimum atomic E-state index is -3.04. The monoisotopic (exact) mass is 558 g/mol. The van der Waals surface area contributed by atoms with Crippen molar-refractivity contribution in [2.24, 2.45) is 7.05 Å². The van der Waals surface area contributed by atoms with E-state index < -0.39 is 16.3 Å². The van der Waals surface area contributed by atoms with Gasteiger partial charge in [-0.2, -0.15) is 10.2 Å². The van der Waals surface area contributed by atoms with Crippen molar-refractivity contribution in [2.45, 2.75) is 58.0 Å². The van der Waals surface area contributed by atoms with Crippen LogP contribution in [0.5, 0.6) is 0 Å². The summed E-state index contributed by atoms with van der Waals surface area (Å²) in [6.07, 6.45) is 3.87. The summed E-state index contributed by atoms with van der Waals surface area (Å²) >= 11 is 0. The quantitative estimate of drug-likeness (QED) is 0.481. The maximum atomic E-state index is 14.4. The number of halogens is 2. The molecule has 3 aliphatic heterocycles. The van der Waals surface area contributed by atoms with Crippen LogP contribution in [-0.2, 0) is 41.1 Å². The number of carbonyl (C=O) groups excluding carboxylic acids is 1. The Morgan fingerprint density at radius 1 is 1.13 bits per heavy atom. The number of sulfone groups is 1. The molecule has 6 rings (SSSR count). The molecule has 0 spiro atoms. The van der Waals surface area contributed by atoms with Crippen molar-refractivity contribution in [3.63, 3.8) is 0 Å². The van der Waals surface area contributed by atoms with Crippen molar-refractivity contribution in [3.8, 4) is 11.1 Å². The maximum Gasteiger partial charge on any atom is 0.264 e. The predicted molar refractivity (Wildman–Crippen MR) is 143 cm³/mol. The molecule has 0 unspecified atom stereocenters. The van der Waals surface area contributed by atoms with Crippen LogP contribution >= 0.6 is 0 Å². The van der Waals surface area contributed by atoms with Crippen LogP contribution < -0.4 is 4.90 Å². The highest BCUT2D eigenvalue weighted by Crippen LogP contribution is 2.43. The fourth-order valence-corrected chi connectivity index (χ4v) is 7.66. The van der Waals surface area contributed by atoms with E-state index in [0.717, 1.165) is 29.7 Å². The van der Waals surface area contributed by atoms with E-state index in [1.165, 1.54) is 0 Å². The molecule has 0 bridgehead atoms. The summed E-state index contributed by atoms with van der Waals surface area (Å²) in [6, 6.07) is 3.40. The first-order valence-corrected chi connectivity index (χ1v) is 15.2. The molecule has 2 aromatic heterocycles. The molecule has 0 N–H and O–H groups in total. The van der Waals surface area contributed by atoms with Crippen molar-refractivity contribution in [1.29, 1.82) is 0 Å². The minimum Gasteiger partial charge on any atom is -0.338 e. The Morgan fingerprint density at radius 3 is 2.56 bits per heavy atom. The number of carbonyl (C=O) groups is 1. The Kier molecular flexibility index (Phi) is 6.47. The average molecular weight is 559 g/mol. The van der Waals surface area contributed by atoms with Crippen molar-refractivity contribution in [1.82, 2.24) is 24.5 Å². The standard InChI is InChI=1S/C27H32F2N6O3S/c1-17(36)33-9-5-24-23(16-33)27(31-35(24)20-6-10-39(37,38)11-7-20)34-8-3-4-18-12-21(19-14-30-32(2)15-19)22(26(28)29)13-25(18)34/h12-15,20,26H,3-11,16H2,1-2H3. The smallest absolute Gasteiger partial charge is 0.264 e. The number of anilines is 2. The van der Waals surface area contributed by atoms with Gasteiger partial charge in [0.1, 0.15) is 9.84 Å². The van der Waals surface area contributed by atoms with E-state index in [-0.39, 0.29) is 29.0 Å². The minimum absolute atomic E-state index is 0.0248. The zero-order valence-corrected chi connectivity index (χ0v) is 22.9. The number of amides is 1. The average Bonchev–Trinajstić information content (AvgIpc) is 3.51. The molecule has 12 heteroatoms. The lowest BCUT2D eigenvalue weighted by Crippen LogP contribution is -2.36. The Hall–Kier alpha value is -3.28. The molecule has 0 saturated carbocycles. The molecule has 1 fully saturated rings. The van der Waals surface area contributed by atoms with Gasteiger partial charge in [-0.3, -0.25) is 14.2 Å². The van der Waals surface area contributed by atoms with E-state index in [4.69, 9.17) is 5.10 Å². The fraction of sp³-hybridized carbons (Fsp3) is 0.519. The Morgan fingerprint density at radius 2 is 1.90 bits per heavy atom. The van der Waals surface area contributed by atoms with Gasteiger partial charge in [-0.1, -0.05) is 0 Å². The number of alkyl halides is 2. The second-order valence-corrected chi connectivity index (χ2v) is 13.1. The van der Waals surface area contributed by atoms with Gasteiger partial charge in [0, 0.05) is 67.8 Å². The molecule has 208 valence electrons. The molecular formula is C27H32F2N6O3S. The zero-order valence-electron chi connectivity index (χ0n) is 22.1. The number of aromatic nitrogens is 4. The highest BCUT2D eigenvalue weighted by Gasteiger charge is 2.35. The molecule has 1 amide bonds. The lowest BCUT2D eigenvalue weighted by molar-refractivity contribution is -0.129. The van der Waals surface area contributed by atoms with E-state index in [0.29, 0.717) is 61.5 Å². The lowest BCUT2D eigenvalue weighted by Gasteiger charge is -2.33. The van der Waals surface area contributed by atoms with Crippen molar-refractivity contribution in [2.75, 3.05) is 29.5 Å². The first-order valence-electron chi connectivity index (χ1n) is 13.4. The third kappa shape index (κ3) is 4.72. The number of fused-ring (bicyclic) bond motifs is 2. The molecule has 0 atom stereocenters. The predicted octanol–water partition coefficient (Wildman–Crippen LogP) is 3.96. The summed E-state index contributed by atoms with van der Waals surface area (Å²) in [4.78, 5) is 16.1. The van der Waals surface area contributed by atoms with Crippen LogP contribution in [0.2, 0.25) is 0 Å². The zero-order chi connectivity index (χ0) is 27.5. The van der Waals surface area contributed by atoms with Crippen molar-refractivity contribution < 1.29 is 22.0 Å². The summed E-state index contributed by atoms with van der Waals surface area (Å²) < 4.78 is 56.5. The normalized spacial score (nSPS) is 19.3. The van der Waals surface area contributed by atoms with E-state index >= 15 is 0 Å². The molecule has 5 heterocycles. The highest BCUT2D eigenvalue weighted by molar-refractivity contribution is 7.91. The van der Waals surface area contributed by atoms with Gasteiger partial charge in [-0.05, 0) is 48.9 Å². The first kappa shape index (κ1) is 26.0. The van der Waals surface area contributed by atoms with Gasteiger partial charge in [0.25, 0.3) is 6.43 Å². The van der Waals surface area contributed by atoms with Gasteiger partial charge in [0.05, 0.1) is 30.3 Å². The number of hydrogen-bond donors (Lipinski definition) is 0. The van der Waals surface area contributed by atoms with Gasteiger partial charge >= 0.3 is 0 Å². The van der Waals surface area contributed by atoms with Crippen LogP contribution in [0, 0.1) is 0 Å². The number of hydrogen-bond acceptors (Lipinski definition) is 6. The molecule has 9 nitrogen and oxygen atoms in total. The first-order chi connectivity index (χ1) is 18.6. The maximum absolute atomic E-state index is 14.4. The topological polar surface area (TPSA) is 93.3 Å². The molecule has 0 radical (unpaired) electrons. The lowest BCUT2D eigenvalue weighted by atomic mass is 9.92. The Balaban J connectivity index is 1.46. The van der Waals surface area contributed by atoms with Crippen molar-refractivity contribution >= 4 is 27.2 Å². The summed E-state index contributed by atoms with van der Waals surface area (Å²) in [6.45, 7) is 3.13. The second-order valence-electron chi connectivity index (χ2n) is 10.8. The third-order valence-corrected chi connectivity index (χ3v) is 9.97. The van der Waals surface area contributed by atoms with Crippen molar-refractivity contribution in [3.05, 3.63) is 46.9 Å². The Labute approximate surface area is 226 Å². The molecule has 1 aromatic carbocycles. The second kappa shape index (κ2) is 9.72. The van der Waals surface area contributed by atoms with Gasteiger partial charge in [-0.15, -0.1) is 0 Å². The van der Waals surface area contributed by atoms with E-state index in [9.17, 15) is 22.0 Å². The van der Waals surface area contributed by atoms with Crippen LogP contribution in [-0.4, -0.2) is 63.4 Å². The Bertz CT molecular complexity index is 1530. The summed E-state index contributed by atoms with van der Waals surface area (Å²) in [7, 11) is -1.28. The molecule has 3 aliphatic rings. The van der Waals surface area contributed by atoms with Crippen LogP contribution in [0.15, 0.2) is 24.5 Å². The largest absolute Gasteiger partial charge is 0.338 e. The fourth-order valence-electron chi connectivity index (χ4n) is 6.20. The van der Waals surface area contributed by atoms with E-state index in [1.54, 1.807) is 42.0 Å². The summed E-state index contributed by atoms with van der Waals surface area (Å²) in [5.74, 6) is 0.911. The number of benzene rings is 1. The van der Waals surface area contributed by atoms with Gasteiger partial charge < -0.3 is 9.80 Å². The molecule has 0 aliphatic carbocycles. The van der Waals surface area contributed by atoms with E-state index in [1.807, 2.05) is 15.6 Å². The highest BCUT2D eigenvalue weighted by atomic mass is 32.2.